The van der Waals surface area contributed by atoms with Gasteiger partial charge >= 0.3 is 0 Å². The van der Waals surface area contributed by atoms with Crippen molar-refractivity contribution in [3.63, 3.8) is 0 Å². The molecule has 0 spiro atoms. The molecule has 1 aromatic carbocycles. The zero-order valence-electron chi connectivity index (χ0n) is 11.6. The maximum absolute atomic E-state index is 5.55. The summed E-state index contributed by atoms with van der Waals surface area (Å²) in [5.41, 5.74) is 2.29. The average Bonchev–Trinajstić information content (AvgIpc) is 2.46. The van der Waals surface area contributed by atoms with E-state index in [1.165, 1.54) is 18.4 Å². The summed E-state index contributed by atoms with van der Waals surface area (Å²) in [6.45, 7) is 5.41. The lowest BCUT2D eigenvalue weighted by Gasteiger charge is -2.18. The fraction of sp³-hybridized carbons (Fsp3) is 0.533. The molecule has 0 amide bonds. The van der Waals surface area contributed by atoms with Crippen LogP contribution in [0.4, 0.5) is 5.69 Å². The lowest BCUT2D eigenvalue weighted by molar-refractivity contribution is 0.134. The first-order valence-corrected chi connectivity index (χ1v) is 7.12. The molecule has 0 saturated carbocycles. The molecule has 2 rings (SSSR count). The summed E-state index contributed by atoms with van der Waals surface area (Å²) in [5.74, 6) is 0.843. The van der Waals surface area contributed by atoms with E-state index in [0.717, 1.165) is 44.4 Å². The molecule has 19 heavy (non-hydrogen) atoms. The molecule has 4 heteroatoms. The Kier molecular flexibility index (Phi) is 5.69. The molecule has 0 saturated heterocycles. The van der Waals surface area contributed by atoms with Crippen molar-refractivity contribution in [1.29, 1.82) is 0 Å². The Morgan fingerprint density at radius 1 is 1.26 bits per heavy atom. The van der Waals surface area contributed by atoms with Crippen LogP contribution in [0.1, 0.15) is 31.7 Å². The van der Waals surface area contributed by atoms with Gasteiger partial charge in [0.25, 0.3) is 0 Å². The van der Waals surface area contributed by atoms with Crippen molar-refractivity contribution in [2.24, 2.45) is 4.99 Å². The van der Waals surface area contributed by atoms with Crippen LogP contribution in [-0.2, 0) is 11.3 Å². The molecule has 104 valence electrons. The quantitative estimate of drug-likeness (QED) is 0.742. The number of nitrogens with one attached hydrogen (secondary N) is 2. The van der Waals surface area contributed by atoms with Crippen molar-refractivity contribution in [1.82, 2.24) is 10.6 Å². The Hall–Kier alpha value is -1.55. The molecule has 0 fully saturated rings. The summed E-state index contributed by atoms with van der Waals surface area (Å²) in [7, 11) is 0. The monoisotopic (exact) mass is 261 g/mol. The summed E-state index contributed by atoms with van der Waals surface area (Å²) >= 11 is 0. The van der Waals surface area contributed by atoms with Gasteiger partial charge in [-0.3, -0.25) is 0 Å². The molecule has 1 aromatic rings. The molecule has 0 bridgehead atoms. The van der Waals surface area contributed by atoms with Gasteiger partial charge in [-0.15, -0.1) is 0 Å². The molecule has 0 unspecified atom stereocenters. The third-order valence-corrected chi connectivity index (χ3v) is 3.10. The lowest BCUT2D eigenvalue weighted by Crippen LogP contribution is -2.40. The van der Waals surface area contributed by atoms with E-state index in [2.05, 4.69) is 28.6 Å². The van der Waals surface area contributed by atoms with Gasteiger partial charge in [0, 0.05) is 19.7 Å². The van der Waals surface area contributed by atoms with Gasteiger partial charge in [0.15, 0.2) is 5.96 Å². The first-order valence-electron chi connectivity index (χ1n) is 7.12. The summed E-state index contributed by atoms with van der Waals surface area (Å²) in [5, 5.41) is 6.54. The zero-order chi connectivity index (χ0) is 13.3. The Morgan fingerprint density at radius 3 is 3.05 bits per heavy atom. The van der Waals surface area contributed by atoms with Gasteiger partial charge in [-0.25, -0.2) is 4.99 Å². The number of unbranched alkanes of at least 4 members (excludes halogenated alkanes) is 2. The normalized spacial score (nSPS) is 13.4. The third-order valence-electron chi connectivity index (χ3n) is 3.10. The molecule has 1 aliphatic heterocycles. The highest BCUT2D eigenvalue weighted by atomic mass is 16.5. The topological polar surface area (TPSA) is 45.6 Å². The number of aliphatic imine (C=N–C) groups is 1. The van der Waals surface area contributed by atoms with Gasteiger partial charge in [-0.05, 0) is 18.1 Å². The number of para-hydroxylation sites is 1. The highest BCUT2D eigenvalue weighted by Gasteiger charge is 2.09. The summed E-state index contributed by atoms with van der Waals surface area (Å²) in [4.78, 5) is 4.53. The smallest absolute Gasteiger partial charge is 0.196 e. The fourth-order valence-electron chi connectivity index (χ4n) is 2.01. The maximum Gasteiger partial charge on any atom is 0.196 e. The van der Waals surface area contributed by atoms with E-state index in [4.69, 9.17) is 4.74 Å². The fourth-order valence-corrected chi connectivity index (χ4v) is 2.01. The SMILES string of the molecule is CCCCCOCCNC1=Nc2ccccc2CN1. The van der Waals surface area contributed by atoms with Crippen LogP contribution in [0.3, 0.4) is 0 Å². The minimum Gasteiger partial charge on any atom is -0.380 e. The number of fused-ring (bicyclic) bond motifs is 1. The molecule has 1 heterocycles. The molecule has 4 nitrogen and oxygen atoms in total. The molecule has 0 radical (unpaired) electrons. The molecule has 0 aromatic heterocycles. The van der Waals surface area contributed by atoms with Crippen molar-refractivity contribution in [2.45, 2.75) is 32.7 Å². The zero-order valence-corrected chi connectivity index (χ0v) is 11.6. The first kappa shape index (κ1) is 13.9. The number of hydrogen-bond donors (Lipinski definition) is 2. The van der Waals surface area contributed by atoms with Crippen LogP contribution in [0, 0.1) is 0 Å². The maximum atomic E-state index is 5.55. The lowest BCUT2D eigenvalue weighted by atomic mass is 10.1. The van der Waals surface area contributed by atoms with E-state index < -0.39 is 0 Å². The second-order valence-corrected chi connectivity index (χ2v) is 4.69. The van der Waals surface area contributed by atoms with E-state index in [-0.39, 0.29) is 0 Å². The van der Waals surface area contributed by atoms with E-state index in [1.54, 1.807) is 0 Å². The van der Waals surface area contributed by atoms with Crippen molar-refractivity contribution in [3.05, 3.63) is 29.8 Å². The molecule has 0 atom stereocenters. The van der Waals surface area contributed by atoms with Crippen LogP contribution in [-0.4, -0.2) is 25.7 Å². The van der Waals surface area contributed by atoms with Crippen molar-refractivity contribution >= 4 is 11.6 Å². The highest BCUT2D eigenvalue weighted by molar-refractivity contribution is 5.84. The van der Waals surface area contributed by atoms with Gasteiger partial charge < -0.3 is 15.4 Å². The van der Waals surface area contributed by atoms with Crippen LogP contribution in [0.5, 0.6) is 0 Å². The second kappa shape index (κ2) is 7.79. The highest BCUT2D eigenvalue weighted by Crippen LogP contribution is 2.20. The summed E-state index contributed by atoms with van der Waals surface area (Å²) < 4.78 is 5.55. The van der Waals surface area contributed by atoms with Gasteiger partial charge in [0.05, 0.1) is 12.3 Å². The van der Waals surface area contributed by atoms with Crippen LogP contribution in [0.15, 0.2) is 29.3 Å². The minimum absolute atomic E-state index is 0.728. The van der Waals surface area contributed by atoms with Gasteiger partial charge in [0.1, 0.15) is 0 Å². The largest absolute Gasteiger partial charge is 0.380 e. The molecule has 2 N–H and O–H groups in total. The van der Waals surface area contributed by atoms with E-state index >= 15 is 0 Å². The number of guanidine groups is 1. The first-order chi connectivity index (χ1) is 9.40. The molecular weight excluding hydrogens is 238 g/mol. The third kappa shape index (κ3) is 4.56. The minimum atomic E-state index is 0.728. The van der Waals surface area contributed by atoms with Crippen LogP contribution in [0.25, 0.3) is 0 Å². The number of nitrogens with zero attached hydrogens (tertiary/aromatic N) is 1. The van der Waals surface area contributed by atoms with Gasteiger partial charge in [0.2, 0.25) is 0 Å². The second-order valence-electron chi connectivity index (χ2n) is 4.69. The Labute approximate surface area is 115 Å². The summed E-state index contributed by atoms with van der Waals surface area (Å²) in [6.07, 6.45) is 3.64. The van der Waals surface area contributed by atoms with E-state index in [1.807, 2.05) is 18.2 Å². The number of hydrogen-bond acceptors (Lipinski definition) is 4. The van der Waals surface area contributed by atoms with Crippen molar-refractivity contribution in [3.8, 4) is 0 Å². The average molecular weight is 261 g/mol. The summed E-state index contributed by atoms with van der Waals surface area (Å²) in [6, 6.07) is 8.19. The predicted molar refractivity (Wildman–Crippen MR) is 78.7 cm³/mol. The Morgan fingerprint density at radius 2 is 2.16 bits per heavy atom. The predicted octanol–water partition coefficient (Wildman–Crippen LogP) is 2.57. The van der Waals surface area contributed by atoms with Crippen molar-refractivity contribution in [2.75, 3.05) is 19.8 Å². The molecular formula is C15H23N3O. The van der Waals surface area contributed by atoms with E-state index in [0.29, 0.717) is 0 Å². The number of benzene rings is 1. The van der Waals surface area contributed by atoms with Crippen molar-refractivity contribution < 1.29 is 4.74 Å². The van der Waals surface area contributed by atoms with Crippen LogP contribution >= 0.6 is 0 Å². The number of ether oxygens (including phenoxy) is 1. The molecule has 1 aliphatic rings. The van der Waals surface area contributed by atoms with Crippen LogP contribution in [0.2, 0.25) is 0 Å². The standard InChI is InChI=1S/C15H23N3O/c1-2-3-6-10-19-11-9-16-15-17-12-13-7-4-5-8-14(13)18-15/h4-5,7-8H,2-3,6,9-12H2,1H3,(H2,16,17,18). The Balaban J connectivity index is 1.66. The van der Waals surface area contributed by atoms with Crippen LogP contribution < -0.4 is 10.6 Å². The van der Waals surface area contributed by atoms with E-state index in [9.17, 15) is 0 Å². The van der Waals surface area contributed by atoms with Gasteiger partial charge in [-0.2, -0.15) is 0 Å². The number of rotatable bonds is 7. The Bertz CT molecular complexity index is 418. The van der Waals surface area contributed by atoms with Gasteiger partial charge in [-0.1, -0.05) is 38.0 Å². The molecule has 0 aliphatic carbocycles.